The number of aromatic nitrogens is 2. The SMILES string of the molecule is Cn1ccnc(Nc2ccc(C(=O)O)cc2Cl)c1=O. The van der Waals surface area contributed by atoms with Crippen LogP contribution in [0.5, 0.6) is 0 Å². The van der Waals surface area contributed by atoms with E-state index in [1.165, 1.54) is 35.2 Å². The zero-order valence-corrected chi connectivity index (χ0v) is 10.7. The quantitative estimate of drug-likeness (QED) is 0.896. The molecule has 0 aliphatic rings. The largest absolute Gasteiger partial charge is 0.478 e. The molecule has 1 aromatic carbocycles. The van der Waals surface area contributed by atoms with Crippen molar-refractivity contribution in [3.63, 3.8) is 0 Å². The van der Waals surface area contributed by atoms with Crippen LogP contribution in [0.4, 0.5) is 11.5 Å². The predicted molar refractivity (Wildman–Crippen MR) is 71.2 cm³/mol. The number of carboxylic acid groups (broad SMARTS) is 1. The highest BCUT2D eigenvalue weighted by molar-refractivity contribution is 6.33. The van der Waals surface area contributed by atoms with E-state index in [-0.39, 0.29) is 22.0 Å². The number of hydrogen-bond donors (Lipinski definition) is 2. The molecule has 0 radical (unpaired) electrons. The smallest absolute Gasteiger partial charge is 0.335 e. The fraction of sp³-hybridized carbons (Fsp3) is 0.0833. The topological polar surface area (TPSA) is 84.2 Å². The third-order valence-electron chi connectivity index (χ3n) is 2.49. The van der Waals surface area contributed by atoms with E-state index in [2.05, 4.69) is 10.3 Å². The van der Waals surface area contributed by atoms with E-state index in [0.717, 1.165) is 0 Å². The van der Waals surface area contributed by atoms with Gasteiger partial charge in [0, 0.05) is 19.4 Å². The highest BCUT2D eigenvalue weighted by Crippen LogP contribution is 2.24. The van der Waals surface area contributed by atoms with Crippen LogP contribution in [0.3, 0.4) is 0 Å². The second-order valence-corrected chi connectivity index (χ2v) is 4.22. The molecular weight excluding hydrogens is 270 g/mol. The van der Waals surface area contributed by atoms with E-state index in [4.69, 9.17) is 16.7 Å². The summed E-state index contributed by atoms with van der Waals surface area (Å²) >= 11 is 5.95. The van der Waals surface area contributed by atoms with Gasteiger partial charge in [-0.15, -0.1) is 0 Å². The molecule has 0 fully saturated rings. The summed E-state index contributed by atoms with van der Waals surface area (Å²) in [5, 5.41) is 11.8. The van der Waals surface area contributed by atoms with Crippen LogP contribution < -0.4 is 10.9 Å². The predicted octanol–water partition coefficient (Wildman–Crippen LogP) is 1.88. The fourth-order valence-corrected chi connectivity index (χ4v) is 1.69. The van der Waals surface area contributed by atoms with Gasteiger partial charge in [0.2, 0.25) is 0 Å². The molecule has 0 spiro atoms. The van der Waals surface area contributed by atoms with E-state index in [9.17, 15) is 9.59 Å². The van der Waals surface area contributed by atoms with Gasteiger partial charge in [-0.05, 0) is 18.2 Å². The Labute approximate surface area is 113 Å². The minimum absolute atomic E-state index is 0.0736. The van der Waals surface area contributed by atoms with E-state index in [0.29, 0.717) is 5.69 Å². The maximum absolute atomic E-state index is 11.8. The summed E-state index contributed by atoms with van der Waals surface area (Å²) in [6.07, 6.45) is 3.01. The average molecular weight is 280 g/mol. The van der Waals surface area contributed by atoms with Crippen molar-refractivity contribution in [1.82, 2.24) is 9.55 Å². The van der Waals surface area contributed by atoms with Gasteiger partial charge in [-0.2, -0.15) is 0 Å². The number of nitrogens with one attached hydrogen (secondary N) is 1. The molecule has 2 N–H and O–H groups in total. The van der Waals surface area contributed by atoms with Gasteiger partial charge in [-0.25, -0.2) is 9.78 Å². The van der Waals surface area contributed by atoms with Crippen molar-refractivity contribution in [2.75, 3.05) is 5.32 Å². The number of aryl methyl sites for hydroxylation is 1. The Balaban J connectivity index is 2.36. The molecule has 0 unspecified atom stereocenters. The summed E-state index contributed by atoms with van der Waals surface area (Å²) < 4.78 is 1.37. The van der Waals surface area contributed by atoms with E-state index >= 15 is 0 Å². The monoisotopic (exact) mass is 279 g/mol. The number of halogens is 1. The summed E-state index contributed by atoms with van der Waals surface area (Å²) in [4.78, 5) is 26.5. The first-order chi connectivity index (χ1) is 8.99. The molecule has 2 aromatic rings. The summed E-state index contributed by atoms with van der Waals surface area (Å²) in [5.74, 6) is -0.947. The lowest BCUT2D eigenvalue weighted by Crippen LogP contribution is -2.20. The molecule has 0 bridgehead atoms. The maximum Gasteiger partial charge on any atom is 0.335 e. The van der Waals surface area contributed by atoms with Gasteiger partial charge >= 0.3 is 5.97 Å². The van der Waals surface area contributed by atoms with Crippen molar-refractivity contribution in [2.45, 2.75) is 0 Å². The average Bonchev–Trinajstić information content (AvgIpc) is 2.37. The Morgan fingerprint density at radius 1 is 1.47 bits per heavy atom. The molecule has 7 heteroatoms. The van der Waals surface area contributed by atoms with Crippen molar-refractivity contribution in [2.24, 2.45) is 7.05 Å². The van der Waals surface area contributed by atoms with Gasteiger partial charge in [0.05, 0.1) is 16.3 Å². The van der Waals surface area contributed by atoms with Crippen LogP contribution in [-0.2, 0) is 7.05 Å². The Morgan fingerprint density at radius 3 is 2.84 bits per heavy atom. The zero-order valence-electron chi connectivity index (χ0n) is 9.92. The van der Waals surface area contributed by atoms with Crippen LogP contribution in [0.25, 0.3) is 0 Å². The number of benzene rings is 1. The number of nitrogens with zero attached hydrogens (tertiary/aromatic N) is 2. The van der Waals surface area contributed by atoms with Crippen LogP contribution >= 0.6 is 11.6 Å². The Morgan fingerprint density at radius 2 is 2.21 bits per heavy atom. The number of anilines is 2. The lowest BCUT2D eigenvalue weighted by atomic mass is 10.2. The lowest BCUT2D eigenvalue weighted by molar-refractivity contribution is 0.0697. The third-order valence-corrected chi connectivity index (χ3v) is 2.80. The van der Waals surface area contributed by atoms with Crippen LogP contribution in [-0.4, -0.2) is 20.6 Å². The van der Waals surface area contributed by atoms with Crippen LogP contribution in [0.2, 0.25) is 5.02 Å². The second kappa shape index (κ2) is 5.11. The first-order valence-corrected chi connectivity index (χ1v) is 5.68. The molecule has 19 heavy (non-hydrogen) atoms. The van der Waals surface area contributed by atoms with Crippen molar-refractivity contribution in [3.05, 3.63) is 51.5 Å². The second-order valence-electron chi connectivity index (χ2n) is 3.82. The summed E-state index contributed by atoms with van der Waals surface area (Å²) in [6.45, 7) is 0. The van der Waals surface area contributed by atoms with E-state index in [1.807, 2.05) is 0 Å². The standard InChI is InChI=1S/C12H10ClN3O3/c1-16-5-4-14-10(11(16)17)15-9-3-2-7(12(18)19)6-8(9)13/h2-6H,1H3,(H,14,15)(H,18,19). The highest BCUT2D eigenvalue weighted by atomic mass is 35.5. The number of carboxylic acids is 1. The molecule has 0 aliphatic carbocycles. The first kappa shape index (κ1) is 13.1. The zero-order chi connectivity index (χ0) is 14.0. The van der Waals surface area contributed by atoms with Crippen molar-refractivity contribution in [1.29, 1.82) is 0 Å². The van der Waals surface area contributed by atoms with E-state index in [1.54, 1.807) is 7.05 Å². The van der Waals surface area contributed by atoms with Crippen LogP contribution in [0, 0.1) is 0 Å². The fourth-order valence-electron chi connectivity index (χ4n) is 1.46. The van der Waals surface area contributed by atoms with E-state index < -0.39 is 5.97 Å². The molecule has 0 amide bonds. The molecule has 0 atom stereocenters. The Kier molecular flexibility index (Phi) is 3.52. The molecule has 0 saturated carbocycles. The molecule has 6 nitrogen and oxygen atoms in total. The minimum Gasteiger partial charge on any atom is -0.478 e. The van der Waals surface area contributed by atoms with Gasteiger partial charge in [-0.3, -0.25) is 4.79 Å². The van der Waals surface area contributed by atoms with Crippen molar-refractivity contribution < 1.29 is 9.90 Å². The molecular formula is C12H10ClN3O3. The van der Waals surface area contributed by atoms with Gasteiger partial charge in [0.1, 0.15) is 0 Å². The number of aromatic carboxylic acids is 1. The Hall–Kier alpha value is -2.34. The third kappa shape index (κ3) is 2.74. The van der Waals surface area contributed by atoms with Gasteiger partial charge in [0.15, 0.2) is 5.82 Å². The molecule has 0 aliphatic heterocycles. The molecule has 98 valence electrons. The highest BCUT2D eigenvalue weighted by Gasteiger charge is 2.09. The molecule has 1 aromatic heterocycles. The van der Waals surface area contributed by atoms with Crippen LogP contribution in [0.1, 0.15) is 10.4 Å². The van der Waals surface area contributed by atoms with Gasteiger partial charge in [-0.1, -0.05) is 11.6 Å². The number of carbonyl (C=O) groups is 1. The lowest BCUT2D eigenvalue weighted by Gasteiger charge is -2.08. The summed E-state index contributed by atoms with van der Waals surface area (Å²) in [6, 6.07) is 4.18. The Bertz CT molecular complexity index is 697. The molecule has 0 saturated heterocycles. The van der Waals surface area contributed by atoms with Crippen LogP contribution in [0.15, 0.2) is 35.4 Å². The van der Waals surface area contributed by atoms with Gasteiger partial charge < -0.3 is 15.0 Å². The van der Waals surface area contributed by atoms with Gasteiger partial charge in [0.25, 0.3) is 5.56 Å². The molecule has 2 rings (SSSR count). The minimum atomic E-state index is -1.07. The molecule has 1 heterocycles. The normalized spacial score (nSPS) is 10.2. The summed E-state index contributed by atoms with van der Waals surface area (Å²) in [5.41, 5.74) is 0.188. The maximum atomic E-state index is 11.8. The van der Waals surface area contributed by atoms with Crippen molar-refractivity contribution in [3.8, 4) is 0 Å². The number of rotatable bonds is 3. The number of hydrogen-bond acceptors (Lipinski definition) is 4. The summed E-state index contributed by atoms with van der Waals surface area (Å²) in [7, 11) is 1.60. The first-order valence-electron chi connectivity index (χ1n) is 5.30. The van der Waals surface area contributed by atoms with Crippen molar-refractivity contribution >= 4 is 29.1 Å².